The number of alkyl halides is 3. The van der Waals surface area contributed by atoms with Crippen molar-refractivity contribution < 1.29 is 27.6 Å². The lowest BCUT2D eigenvalue weighted by Gasteiger charge is -2.15. The molecule has 0 saturated carbocycles. The van der Waals surface area contributed by atoms with Crippen molar-refractivity contribution in [3.05, 3.63) is 81.8 Å². The summed E-state index contributed by atoms with van der Waals surface area (Å²) >= 11 is 11.8. The van der Waals surface area contributed by atoms with Crippen LogP contribution in [0.5, 0.6) is 5.75 Å². The number of amides is 1. The number of halogens is 5. The molecule has 4 rings (SSSR count). The summed E-state index contributed by atoms with van der Waals surface area (Å²) in [5.74, 6) is -1.00. The van der Waals surface area contributed by atoms with Crippen molar-refractivity contribution in [1.82, 2.24) is 20.0 Å². The summed E-state index contributed by atoms with van der Waals surface area (Å²) in [4.78, 5) is 22.0. The molecule has 0 unspecified atom stereocenters. The summed E-state index contributed by atoms with van der Waals surface area (Å²) < 4.78 is 43.2. The van der Waals surface area contributed by atoms with Crippen molar-refractivity contribution in [2.75, 3.05) is 7.05 Å². The van der Waals surface area contributed by atoms with E-state index in [9.17, 15) is 23.1 Å². The number of pyridine rings is 1. The number of carbonyl (C=O) groups excluding carboxylic acids is 1. The second-order valence-electron chi connectivity index (χ2n) is 7.50. The zero-order valence-electron chi connectivity index (χ0n) is 17.8. The number of hydrogen-bond donors (Lipinski definition) is 1. The standard InChI is InChI=1S/C23H15Cl2F3N4O3/c1-32(22(34)21-30-20(31-35-21)14-8-16(24)19(33)17(25)9-14)11-12-2-4-13(5-3-12)18-7-6-15(10-29-18)23(26,27)28/h2-10,33H,11H2,1H3. The van der Waals surface area contributed by atoms with E-state index in [1.807, 2.05) is 0 Å². The van der Waals surface area contributed by atoms with E-state index in [1.54, 1.807) is 31.3 Å². The molecule has 0 fully saturated rings. The van der Waals surface area contributed by atoms with Crippen LogP contribution in [0.3, 0.4) is 0 Å². The van der Waals surface area contributed by atoms with E-state index in [2.05, 4.69) is 15.1 Å². The Hall–Kier alpha value is -3.63. The Bertz CT molecular complexity index is 1350. The number of carbonyl (C=O) groups is 1. The number of phenols is 1. The summed E-state index contributed by atoms with van der Waals surface area (Å²) in [5.41, 5.74) is 1.31. The SMILES string of the molecule is CN(Cc1ccc(-c2ccc(C(F)(F)F)cn2)cc1)C(=O)c1nc(-c2cc(Cl)c(O)c(Cl)c2)no1. The molecule has 0 aliphatic rings. The Balaban J connectivity index is 1.44. The first kappa shape index (κ1) is 24.5. The number of rotatable bonds is 5. The third kappa shape index (κ3) is 5.39. The van der Waals surface area contributed by atoms with Gasteiger partial charge in [0.15, 0.2) is 5.75 Å². The van der Waals surface area contributed by atoms with Crippen molar-refractivity contribution in [3.8, 4) is 28.4 Å². The molecule has 0 aliphatic heterocycles. The van der Waals surface area contributed by atoms with Crippen molar-refractivity contribution in [3.63, 3.8) is 0 Å². The molecule has 0 atom stereocenters. The lowest BCUT2D eigenvalue weighted by Crippen LogP contribution is -2.26. The number of nitrogens with zero attached hydrogens (tertiary/aromatic N) is 4. The molecule has 2 aromatic heterocycles. The van der Waals surface area contributed by atoms with Gasteiger partial charge >= 0.3 is 18.0 Å². The largest absolute Gasteiger partial charge is 0.505 e. The molecule has 180 valence electrons. The number of aromatic nitrogens is 3. The van der Waals surface area contributed by atoms with E-state index in [4.69, 9.17) is 27.7 Å². The van der Waals surface area contributed by atoms with Gasteiger partial charge in [0.1, 0.15) is 0 Å². The fourth-order valence-corrected chi connectivity index (χ4v) is 3.63. The first-order valence-corrected chi connectivity index (χ1v) is 10.7. The van der Waals surface area contributed by atoms with Crippen LogP contribution in [0.1, 0.15) is 21.8 Å². The quantitative estimate of drug-likeness (QED) is 0.340. The summed E-state index contributed by atoms with van der Waals surface area (Å²) in [5, 5.41) is 13.4. The first-order chi connectivity index (χ1) is 16.5. The lowest BCUT2D eigenvalue weighted by atomic mass is 10.1. The molecule has 7 nitrogen and oxygen atoms in total. The topological polar surface area (TPSA) is 92.4 Å². The Morgan fingerprint density at radius 3 is 2.29 bits per heavy atom. The van der Waals surface area contributed by atoms with Gasteiger partial charge in [0.2, 0.25) is 5.82 Å². The van der Waals surface area contributed by atoms with E-state index in [1.165, 1.54) is 23.1 Å². The Morgan fingerprint density at radius 1 is 1.06 bits per heavy atom. The minimum atomic E-state index is -4.45. The minimum absolute atomic E-state index is 0.00256. The fourth-order valence-electron chi connectivity index (χ4n) is 3.14. The van der Waals surface area contributed by atoms with Crippen LogP contribution < -0.4 is 0 Å². The molecule has 0 spiro atoms. The second kappa shape index (κ2) is 9.55. The zero-order chi connectivity index (χ0) is 25.3. The summed E-state index contributed by atoms with van der Waals surface area (Å²) in [6.07, 6.45) is -3.66. The highest BCUT2D eigenvalue weighted by atomic mass is 35.5. The molecule has 2 heterocycles. The third-order valence-corrected chi connectivity index (χ3v) is 5.57. The van der Waals surface area contributed by atoms with Gasteiger partial charge in [0, 0.05) is 30.9 Å². The van der Waals surface area contributed by atoms with Crippen molar-refractivity contribution >= 4 is 29.1 Å². The van der Waals surface area contributed by atoms with Crippen molar-refractivity contribution in [2.45, 2.75) is 12.7 Å². The van der Waals surface area contributed by atoms with E-state index in [-0.39, 0.29) is 34.1 Å². The highest BCUT2D eigenvalue weighted by molar-refractivity contribution is 6.37. The van der Waals surface area contributed by atoms with Crippen LogP contribution in [0.4, 0.5) is 13.2 Å². The van der Waals surface area contributed by atoms with Crippen LogP contribution in [0.25, 0.3) is 22.6 Å². The van der Waals surface area contributed by atoms with Crippen molar-refractivity contribution in [1.29, 1.82) is 0 Å². The van der Waals surface area contributed by atoms with Gasteiger partial charge in [-0.3, -0.25) is 9.78 Å². The summed E-state index contributed by atoms with van der Waals surface area (Å²) in [7, 11) is 1.55. The number of benzene rings is 2. The highest BCUT2D eigenvalue weighted by Crippen LogP contribution is 2.35. The highest BCUT2D eigenvalue weighted by Gasteiger charge is 2.30. The normalized spacial score (nSPS) is 11.5. The van der Waals surface area contributed by atoms with Gasteiger partial charge in [-0.1, -0.05) is 52.6 Å². The molecular formula is C23H15Cl2F3N4O3. The van der Waals surface area contributed by atoms with Crippen LogP contribution in [0, 0.1) is 0 Å². The number of phenolic OH excluding ortho intramolecular Hbond substituents is 1. The van der Waals surface area contributed by atoms with Crippen LogP contribution in [-0.2, 0) is 12.7 Å². The zero-order valence-corrected chi connectivity index (χ0v) is 19.4. The molecule has 0 bridgehead atoms. The van der Waals surface area contributed by atoms with E-state index in [0.29, 0.717) is 16.8 Å². The second-order valence-corrected chi connectivity index (χ2v) is 8.31. The van der Waals surface area contributed by atoms with Crippen LogP contribution in [0.2, 0.25) is 10.0 Å². The van der Waals surface area contributed by atoms with Crippen molar-refractivity contribution in [2.24, 2.45) is 0 Å². The Labute approximate surface area is 206 Å². The Kier molecular flexibility index (Phi) is 6.68. The van der Waals surface area contributed by atoms with Crippen LogP contribution in [-0.4, -0.2) is 38.1 Å². The summed E-state index contributed by atoms with van der Waals surface area (Å²) in [6, 6.07) is 11.9. The van der Waals surface area contributed by atoms with Gasteiger partial charge in [-0.15, -0.1) is 0 Å². The van der Waals surface area contributed by atoms with Gasteiger partial charge in [-0.05, 0) is 29.8 Å². The average molecular weight is 523 g/mol. The molecule has 1 N–H and O–H groups in total. The average Bonchev–Trinajstić information content (AvgIpc) is 3.32. The van der Waals surface area contributed by atoms with Gasteiger partial charge in [-0.2, -0.15) is 18.2 Å². The lowest BCUT2D eigenvalue weighted by molar-refractivity contribution is -0.137. The Morgan fingerprint density at radius 2 is 1.71 bits per heavy atom. The first-order valence-electron chi connectivity index (χ1n) is 9.93. The van der Waals surface area contributed by atoms with Gasteiger partial charge < -0.3 is 14.5 Å². The maximum Gasteiger partial charge on any atom is 0.417 e. The predicted molar refractivity (Wildman–Crippen MR) is 122 cm³/mol. The van der Waals surface area contributed by atoms with E-state index < -0.39 is 17.6 Å². The molecule has 2 aromatic carbocycles. The molecule has 12 heteroatoms. The summed E-state index contributed by atoms with van der Waals surface area (Å²) in [6.45, 7) is 0.203. The maximum absolute atomic E-state index is 12.7. The smallest absolute Gasteiger partial charge is 0.417 e. The molecule has 1 amide bonds. The number of aromatic hydroxyl groups is 1. The van der Waals surface area contributed by atoms with E-state index in [0.717, 1.165) is 17.8 Å². The van der Waals surface area contributed by atoms with Gasteiger partial charge in [0.25, 0.3) is 0 Å². The number of hydrogen-bond acceptors (Lipinski definition) is 6. The van der Waals surface area contributed by atoms with Gasteiger partial charge in [0.05, 0.1) is 21.3 Å². The minimum Gasteiger partial charge on any atom is -0.505 e. The maximum atomic E-state index is 12.7. The molecule has 0 aliphatic carbocycles. The molecule has 0 radical (unpaired) electrons. The van der Waals surface area contributed by atoms with Crippen LogP contribution in [0.15, 0.2) is 59.3 Å². The molecule has 4 aromatic rings. The monoisotopic (exact) mass is 522 g/mol. The molecule has 0 saturated heterocycles. The molecular weight excluding hydrogens is 508 g/mol. The van der Waals surface area contributed by atoms with Gasteiger partial charge in [-0.25, -0.2) is 0 Å². The molecule has 35 heavy (non-hydrogen) atoms. The third-order valence-electron chi connectivity index (χ3n) is 4.99. The van der Waals surface area contributed by atoms with Crippen LogP contribution >= 0.6 is 23.2 Å². The fraction of sp³-hybridized carbons (Fsp3) is 0.130. The van der Waals surface area contributed by atoms with E-state index >= 15 is 0 Å². The predicted octanol–water partition coefficient (Wildman–Crippen LogP) is 6.10.